The molecule has 40 heavy (non-hydrogen) atoms. The summed E-state index contributed by atoms with van der Waals surface area (Å²) in [5, 5.41) is 15.2. The number of hydrogen-bond acceptors (Lipinski definition) is 1. The van der Waals surface area contributed by atoms with E-state index < -0.39 is 0 Å². The van der Waals surface area contributed by atoms with E-state index in [1.165, 1.54) is 38.2 Å². The fourth-order valence-corrected chi connectivity index (χ4v) is 4.22. The zero-order valence-electron chi connectivity index (χ0n) is 25.9. The summed E-state index contributed by atoms with van der Waals surface area (Å²) >= 11 is 0. The van der Waals surface area contributed by atoms with Crippen LogP contribution in [0, 0.1) is 27.7 Å². The molecule has 0 aliphatic heterocycles. The van der Waals surface area contributed by atoms with Crippen molar-refractivity contribution >= 4 is 21.5 Å². The summed E-state index contributed by atoms with van der Waals surface area (Å²) in [7, 11) is 0. The summed E-state index contributed by atoms with van der Waals surface area (Å²) in [4.78, 5) is 0. The van der Waals surface area contributed by atoms with E-state index in [4.69, 9.17) is 0 Å². The van der Waals surface area contributed by atoms with Gasteiger partial charge in [-0.05, 0) is 28.0 Å². The van der Waals surface area contributed by atoms with Gasteiger partial charge in [-0.3, -0.25) is 0 Å². The normalized spacial score (nSPS) is 10.8. The second-order valence-corrected chi connectivity index (χ2v) is 12.3. The molecule has 1 N–H and O–H groups in total. The van der Waals surface area contributed by atoms with E-state index in [1.54, 1.807) is 6.07 Å². The fourth-order valence-electron chi connectivity index (χ4n) is 4.22. The van der Waals surface area contributed by atoms with Gasteiger partial charge in [-0.15, -0.1) is 81.2 Å². The van der Waals surface area contributed by atoms with E-state index >= 15 is 0 Å². The van der Waals surface area contributed by atoms with Crippen molar-refractivity contribution in [3.63, 3.8) is 0 Å². The number of phenols is 1. The van der Waals surface area contributed by atoms with Crippen LogP contribution < -0.4 is 0 Å². The first-order valence-corrected chi connectivity index (χ1v) is 13.9. The first kappa shape index (κ1) is 35.6. The molecule has 0 aliphatic rings. The molecule has 0 saturated heterocycles. The second kappa shape index (κ2) is 16.1. The Labute approximate surface area is 263 Å². The zero-order chi connectivity index (χ0) is 29.2. The zero-order valence-corrected chi connectivity index (χ0v) is 28.4. The molecule has 0 spiro atoms. The van der Waals surface area contributed by atoms with E-state index in [1.807, 2.05) is 6.07 Å². The summed E-state index contributed by atoms with van der Waals surface area (Å²) in [5.74, 6) is 0.399. The molecule has 0 amide bonds. The van der Waals surface area contributed by atoms with Crippen LogP contribution in [0.2, 0.25) is 0 Å². The summed E-state index contributed by atoms with van der Waals surface area (Å²) in [6.07, 6.45) is 1.92. The molecule has 0 radical (unpaired) electrons. The molecule has 5 aromatic rings. The third-order valence-corrected chi connectivity index (χ3v) is 6.45. The molecular formula is C38H48OZr. The van der Waals surface area contributed by atoms with E-state index in [2.05, 4.69) is 148 Å². The van der Waals surface area contributed by atoms with Crippen molar-refractivity contribution in [3.8, 4) is 5.75 Å². The first-order valence-electron chi connectivity index (χ1n) is 13.9. The van der Waals surface area contributed by atoms with E-state index in [0.717, 1.165) is 18.4 Å². The van der Waals surface area contributed by atoms with Gasteiger partial charge in [-0.2, -0.15) is 12.1 Å². The molecule has 0 saturated carbocycles. The summed E-state index contributed by atoms with van der Waals surface area (Å²) in [5.41, 5.74) is 5.11. The Kier molecular flexibility index (Phi) is 14.3. The van der Waals surface area contributed by atoms with Crippen molar-refractivity contribution in [3.05, 3.63) is 127 Å². The molecule has 0 bridgehead atoms. The number of unbranched alkanes of at least 4 members (excludes halogenated alkanes) is 1. The van der Waals surface area contributed by atoms with Gasteiger partial charge >= 0.3 is 26.2 Å². The molecule has 0 fully saturated rings. The Morgan fingerprint density at radius 1 is 0.625 bits per heavy atom. The van der Waals surface area contributed by atoms with Gasteiger partial charge in [0.05, 0.1) is 0 Å². The molecule has 210 valence electrons. The molecule has 1 nitrogen and oxygen atoms in total. The van der Waals surface area contributed by atoms with E-state index in [-0.39, 0.29) is 37.0 Å². The maximum atomic E-state index is 9.84. The Hall–Kier alpha value is -2.44. The van der Waals surface area contributed by atoms with E-state index in [0.29, 0.717) is 5.75 Å². The molecule has 5 rings (SSSR count). The Bertz CT molecular complexity index is 1280. The number of phenolic OH excluding ortho intramolecular Hbond substituents is 1. The minimum Gasteiger partial charge on any atom is -0.508 e. The predicted molar refractivity (Wildman–Crippen MR) is 174 cm³/mol. The molecule has 2 heteroatoms. The van der Waals surface area contributed by atoms with Crippen LogP contribution in [-0.4, -0.2) is 5.11 Å². The van der Waals surface area contributed by atoms with Gasteiger partial charge in [0.25, 0.3) is 0 Å². The SMILES string of the molecule is CC(C)(C)c1ccc(O)c(C(C)(C)C)c1.Cc1cc2ccccc2[cH-]1.Cc1cc2ccccc2[cH-]1.[CH2-]CC[CH2-].[Zr+4]. The summed E-state index contributed by atoms with van der Waals surface area (Å²) in [6.45, 7) is 24.3. The largest absolute Gasteiger partial charge is 4.00 e. The van der Waals surface area contributed by atoms with Crippen LogP contribution >= 0.6 is 0 Å². The number of aryl methyl sites for hydroxylation is 2. The Morgan fingerprint density at radius 2 is 1.05 bits per heavy atom. The average molecular weight is 612 g/mol. The van der Waals surface area contributed by atoms with Crippen molar-refractivity contribution in [1.29, 1.82) is 0 Å². The minimum absolute atomic E-state index is 0. The van der Waals surface area contributed by atoms with Crippen molar-refractivity contribution < 1.29 is 31.3 Å². The molecule has 5 aromatic carbocycles. The van der Waals surface area contributed by atoms with Gasteiger partial charge in [0.2, 0.25) is 0 Å². The summed E-state index contributed by atoms with van der Waals surface area (Å²) < 4.78 is 0. The summed E-state index contributed by atoms with van der Waals surface area (Å²) in [6, 6.07) is 31.6. The third-order valence-electron chi connectivity index (χ3n) is 6.45. The first-order chi connectivity index (χ1) is 18.3. The second-order valence-electron chi connectivity index (χ2n) is 12.3. The number of benzene rings is 3. The molecule has 0 atom stereocenters. The average Bonchev–Trinajstić information content (AvgIpc) is 3.44. The van der Waals surface area contributed by atoms with Crippen molar-refractivity contribution in [2.45, 2.75) is 79.1 Å². The van der Waals surface area contributed by atoms with Gasteiger partial charge < -0.3 is 19.0 Å². The van der Waals surface area contributed by atoms with Crippen LogP contribution in [0.3, 0.4) is 0 Å². The van der Waals surface area contributed by atoms with Crippen LogP contribution in [0.15, 0.2) is 91.0 Å². The van der Waals surface area contributed by atoms with E-state index in [9.17, 15) is 5.11 Å². The smallest absolute Gasteiger partial charge is 0.508 e. The van der Waals surface area contributed by atoms with Crippen molar-refractivity contribution in [1.82, 2.24) is 0 Å². The van der Waals surface area contributed by atoms with Crippen LogP contribution in [-0.2, 0) is 37.0 Å². The van der Waals surface area contributed by atoms with Crippen molar-refractivity contribution in [2.24, 2.45) is 0 Å². The number of hydrogen-bond donors (Lipinski definition) is 1. The molecule has 0 heterocycles. The van der Waals surface area contributed by atoms with Crippen LogP contribution in [0.25, 0.3) is 21.5 Å². The van der Waals surface area contributed by atoms with Gasteiger partial charge in [0.1, 0.15) is 5.75 Å². The maximum absolute atomic E-state index is 9.84. The number of aromatic hydroxyl groups is 1. The van der Waals surface area contributed by atoms with Gasteiger partial charge in [0.15, 0.2) is 0 Å². The standard InChI is InChI=1S/C14H22O.2C10H9.C4H8.Zr/c1-13(2,3)10-7-8-12(15)11(9-10)14(4,5)6;2*1-8-6-9-4-2-3-5-10(9)7-8;1-3-4-2;/h7-9,15H,1-6H3;2*2-7H,1H3;1-4H2;/q;2*-1;-2;+4. The van der Waals surface area contributed by atoms with Crippen LogP contribution in [0.5, 0.6) is 5.75 Å². The Balaban J connectivity index is 0.000000283. The van der Waals surface area contributed by atoms with Gasteiger partial charge in [-0.25, -0.2) is 12.8 Å². The number of rotatable bonds is 1. The predicted octanol–water partition coefficient (Wildman–Crippen LogP) is 11.2. The fraction of sp³-hybridized carbons (Fsp3) is 0.316. The van der Waals surface area contributed by atoms with Gasteiger partial charge in [0, 0.05) is 0 Å². The molecular weight excluding hydrogens is 564 g/mol. The quantitative estimate of drug-likeness (QED) is 0.187. The van der Waals surface area contributed by atoms with Crippen molar-refractivity contribution in [2.75, 3.05) is 0 Å². The molecule has 0 unspecified atom stereocenters. The van der Waals surface area contributed by atoms with Crippen LogP contribution in [0.1, 0.15) is 76.6 Å². The third kappa shape index (κ3) is 11.2. The molecule has 0 aromatic heterocycles. The maximum Gasteiger partial charge on any atom is 4.00 e. The topological polar surface area (TPSA) is 20.2 Å². The van der Waals surface area contributed by atoms with Crippen LogP contribution in [0.4, 0.5) is 0 Å². The Morgan fingerprint density at radius 3 is 1.40 bits per heavy atom. The number of fused-ring (bicyclic) bond motifs is 2. The monoisotopic (exact) mass is 610 g/mol. The minimum atomic E-state index is -0.00859. The molecule has 0 aliphatic carbocycles. The van der Waals surface area contributed by atoms with Gasteiger partial charge in [-0.1, -0.05) is 79.7 Å².